The van der Waals surface area contributed by atoms with E-state index in [0.29, 0.717) is 0 Å². The van der Waals surface area contributed by atoms with Gasteiger partial charge in [0, 0.05) is 19.4 Å². The first-order chi connectivity index (χ1) is 6.75. The Bertz CT molecular complexity index is 424. The lowest BCUT2D eigenvalue weighted by molar-refractivity contribution is 0.771. The maximum absolute atomic E-state index is 4.24. The monoisotopic (exact) mass is 252 g/mol. The van der Waals surface area contributed by atoms with Crippen LogP contribution in [0.1, 0.15) is 0 Å². The van der Waals surface area contributed by atoms with Crippen molar-refractivity contribution in [2.24, 2.45) is 7.05 Å². The number of rotatable bonds is 2. The van der Waals surface area contributed by atoms with E-state index in [1.54, 1.807) is 17.1 Å². The number of aryl methyl sites for hydroxylation is 1. The molecule has 0 bridgehead atoms. The van der Waals surface area contributed by atoms with Gasteiger partial charge in [0.1, 0.15) is 0 Å². The number of aromatic nitrogens is 3. The van der Waals surface area contributed by atoms with Crippen molar-refractivity contribution in [1.82, 2.24) is 14.8 Å². The topological polar surface area (TPSA) is 42.7 Å². The Morgan fingerprint density at radius 1 is 1.50 bits per heavy atom. The second-order valence-electron chi connectivity index (χ2n) is 2.87. The number of anilines is 2. The molecular formula is C9H9BrN4. The molecule has 2 aromatic rings. The molecule has 0 atom stereocenters. The Morgan fingerprint density at radius 2 is 2.36 bits per heavy atom. The zero-order valence-corrected chi connectivity index (χ0v) is 9.19. The highest BCUT2D eigenvalue weighted by Gasteiger charge is 2.03. The Hall–Kier alpha value is -1.36. The van der Waals surface area contributed by atoms with E-state index in [-0.39, 0.29) is 0 Å². The minimum atomic E-state index is 0.792. The molecule has 0 saturated carbocycles. The molecule has 0 aliphatic carbocycles. The fourth-order valence-electron chi connectivity index (χ4n) is 1.12. The molecule has 5 heteroatoms. The van der Waals surface area contributed by atoms with E-state index < -0.39 is 0 Å². The van der Waals surface area contributed by atoms with Crippen molar-refractivity contribution < 1.29 is 0 Å². The first kappa shape index (κ1) is 9.21. The summed E-state index contributed by atoms with van der Waals surface area (Å²) in [6.07, 6.45) is 5.37. The van der Waals surface area contributed by atoms with Crippen LogP contribution in [0.15, 0.2) is 35.2 Å². The maximum Gasteiger partial charge on any atom is 0.166 e. The molecule has 2 rings (SSSR count). The van der Waals surface area contributed by atoms with Crippen molar-refractivity contribution in [1.29, 1.82) is 0 Å². The zero-order chi connectivity index (χ0) is 9.97. The van der Waals surface area contributed by atoms with Gasteiger partial charge in [-0.2, -0.15) is 5.10 Å². The predicted octanol–water partition coefficient (Wildman–Crippen LogP) is 2.32. The van der Waals surface area contributed by atoms with Gasteiger partial charge < -0.3 is 5.32 Å². The van der Waals surface area contributed by atoms with Crippen molar-refractivity contribution in [2.45, 2.75) is 0 Å². The summed E-state index contributed by atoms with van der Waals surface area (Å²) in [4.78, 5) is 4.00. The van der Waals surface area contributed by atoms with Gasteiger partial charge in [0.25, 0.3) is 0 Å². The van der Waals surface area contributed by atoms with Crippen LogP contribution in [-0.2, 0) is 7.05 Å². The smallest absolute Gasteiger partial charge is 0.166 e. The number of hydrogen-bond acceptors (Lipinski definition) is 3. The second kappa shape index (κ2) is 3.79. The summed E-state index contributed by atoms with van der Waals surface area (Å²) in [6, 6.07) is 3.81. The molecular weight excluding hydrogens is 244 g/mol. The summed E-state index contributed by atoms with van der Waals surface area (Å²) in [6.45, 7) is 0. The molecule has 0 spiro atoms. The van der Waals surface area contributed by atoms with E-state index in [0.717, 1.165) is 16.0 Å². The average Bonchev–Trinajstić information content (AvgIpc) is 2.47. The van der Waals surface area contributed by atoms with Gasteiger partial charge in [-0.1, -0.05) is 0 Å². The van der Waals surface area contributed by atoms with E-state index >= 15 is 0 Å². The summed E-state index contributed by atoms with van der Waals surface area (Å²) in [5.41, 5.74) is 0.923. The molecule has 0 amide bonds. The third-order valence-electron chi connectivity index (χ3n) is 1.71. The maximum atomic E-state index is 4.24. The molecule has 4 nitrogen and oxygen atoms in total. The van der Waals surface area contributed by atoms with Gasteiger partial charge >= 0.3 is 0 Å². The first-order valence-corrected chi connectivity index (χ1v) is 4.91. The lowest BCUT2D eigenvalue weighted by atomic mass is 10.4. The van der Waals surface area contributed by atoms with Crippen molar-refractivity contribution in [3.05, 3.63) is 35.2 Å². The minimum absolute atomic E-state index is 0.792. The van der Waals surface area contributed by atoms with Gasteiger partial charge in [-0.3, -0.25) is 9.67 Å². The molecule has 0 unspecified atom stereocenters. The Labute approximate surface area is 90.1 Å². The summed E-state index contributed by atoms with van der Waals surface area (Å²) in [5, 5.41) is 7.39. The first-order valence-electron chi connectivity index (χ1n) is 4.12. The van der Waals surface area contributed by atoms with Gasteiger partial charge in [0.15, 0.2) is 5.82 Å². The zero-order valence-electron chi connectivity index (χ0n) is 7.61. The van der Waals surface area contributed by atoms with Gasteiger partial charge in [-0.15, -0.1) is 0 Å². The van der Waals surface area contributed by atoms with Crippen LogP contribution in [0.3, 0.4) is 0 Å². The average molecular weight is 253 g/mol. The molecule has 72 valence electrons. The quantitative estimate of drug-likeness (QED) is 0.893. The molecule has 0 aromatic carbocycles. The third-order valence-corrected chi connectivity index (χ3v) is 2.29. The summed E-state index contributed by atoms with van der Waals surface area (Å²) in [5.74, 6) is 0.792. The Kier molecular flexibility index (Phi) is 2.49. The van der Waals surface area contributed by atoms with Crippen molar-refractivity contribution in [3.8, 4) is 0 Å². The number of pyridine rings is 1. The van der Waals surface area contributed by atoms with E-state index in [4.69, 9.17) is 0 Å². The molecule has 0 aliphatic rings. The lowest BCUT2D eigenvalue weighted by Crippen LogP contribution is -1.94. The Morgan fingerprint density at radius 3 is 2.93 bits per heavy atom. The van der Waals surface area contributed by atoms with E-state index in [1.807, 2.05) is 25.4 Å². The van der Waals surface area contributed by atoms with Crippen LogP contribution in [0.5, 0.6) is 0 Å². The van der Waals surface area contributed by atoms with Gasteiger partial charge in [-0.25, -0.2) is 0 Å². The van der Waals surface area contributed by atoms with Crippen molar-refractivity contribution in [2.75, 3.05) is 5.32 Å². The summed E-state index contributed by atoms with van der Waals surface area (Å²) in [7, 11) is 1.87. The van der Waals surface area contributed by atoms with Gasteiger partial charge in [0.05, 0.1) is 16.4 Å². The van der Waals surface area contributed by atoms with Crippen LogP contribution in [0.2, 0.25) is 0 Å². The molecule has 0 radical (unpaired) electrons. The number of hydrogen-bond donors (Lipinski definition) is 1. The molecule has 14 heavy (non-hydrogen) atoms. The standard InChI is InChI=1S/C9H9BrN4/c1-14-6-8(10)9(13-14)12-7-3-2-4-11-5-7/h2-6H,1H3,(H,12,13). The van der Waals surface area contributed by atoms with E-state index in [2.05, 4.69) is 31.3 Å². The normalized spacial score (nSPS) is 10.1. The molecule has 0 saturated heterocycles. The van der Waals surface area contributed by atoms with E-state index in [9.17, 15) is 0 Å². The minimum Gasteiger partial charge on any atom is -0.337 e. The lowest BCUT2D eigenvalue weighted by Gasteiger charge is -2.01. The molecule has 1 N–H and O–H groups in total. The number of nitrogens with one attached hydrogen (secondary N) is 1. The van der Waals surface area contributed by atoms with Crippen LogP contribution >= 0.6 is 15.9 Å². The van der Waals surface area contributed by atoms with Crippen LogP contribution in [-0.4, -0.2) is 14.8 Å². The number of halogens is 1. The van der Waals surface area contributed by atoms with Crippen LogP contribution in [0, 0.1) is 0 Å². The highest BCUT2D eigenvalue weighted by Crippen LogP contribution is 2.22. The van der Waals surface area contributed by atoms with Crippen molar-refractivity contribution >= 4 is 27.4 Å². The highest BCUT2D eigenvalue weighted by atomic mass is 79.9. The number of nitrogens with zero attached hydrogens (tertiary/aromatic N) is 3. The van der Waals surface area contributed by atoms with Crippen molar-refractivity contribution in [3.63, 3.8) is 0 Å². The largest absolute Gasteiger partial charge is 0.337 e. The van der Waals surface area contributed by atoms with Crippen LogP contribution in [0.25, 0.3) is 0 Å². The third kappa shape index (κ3) is 1.93. The predicted molar refractivity (Wildman–Crippen MR) is 58.4 cm³/mol. The van der Waals surface area contributed by atoms with Crippen LogP contribution < -0.4 is 5.32 Å². The fraction of sp³-hybridized carbons (Fsp3) is 0.111. The van der Waals surface area contributed by atoms with Crippen LogP contribution in [0.4, 0.5) is 11.5 Å². The molecule has 0 fully saturated rings. The molecule has 2 aromatic heterocycles. The fourth-order valence-corrected chi connectivity index (χ4v) is 1.59. The molecule has 0 aliphatic heterocycles. The van der Waals surface area contributed by atoms with E-state index in [1.165, 1.54) is 0 Å². The summed E-state index contributed by atoms with van der Waals surface area (Å²) >= 11 is 3.41. The summed E-state index contributed by atoms with van der Waals surface area (Å²) < 4.78 is 2.67. The highest BCUT2D eigenvalue weighted by molar-refractivity contribution is 9.10. The van der Waals surface area contributed by atoms with Gasteiger partial charge in [0.2, 0.25) is 0 Å². The Balaban J connectivity index is 2.23. The second-order valence-corrected chi connectivity index (χ2v) is 3.72. The van der Waals surface area contributed by atoms with Gasteiger partial charge in [-0.05, 0) is 28.1 Å². The SMILES string of the molecule is Cn1cc(Br)c(Nc2cccnc2)n1. The molecule has 2 heterocycles.